The van der Waals surface area contributed by atoms with E-state index in [0.29, 0.717) is 30.0 Å². The Morgan fingerprint density at radius 1 is 1.19 bits per heavy atom. The van der Waals surface area contributed by atoms with E-state index >= 15 is 0 Å². The van der Waals surface area contributed by atoms with Gasteiger partial charge in [-0.1, -0.05) is 0 Å². The van der Waals surface area contributed by atoms with Crippen molar-refractivity contribution in [1.29, 1.82) is 0 Å². The number of aliphatic hydroxyl groups is 1. The molecule has 0 aliphatic heterocycles. The normalized spacial score (nSPS) is 16.4. The van der Waals surface area contributed by atoms with Crippen LogP contribution in [0, 0.1) is 11.6 Å². The van der Waals surface area contributed by atoms with E-state index in [9.17, 15) is 31.1 Å². The van der Waals surface area contributed by atoms with Crippen LogP contribution >= 0.6 is 0 Å². The second-order valence-electron chi connectivity index (χ2n) is 6.04. The molecule has 3 rings (SSSR count). The number of halogens is 4. The lowest BCUT2D eigenvalue weighted by atomic mass is 10.00. The molecule has 1 aliphatic carbocycles. The molecule has 0 saturated carbocycles. The number of ether oxygens (including phenoxy) is 1. The average Bonchev–Trinajstić information content (AvgIpc) is 3.00. The molecule has 27 heavy (non-hydrogen) atoms. The summed E-state index contributed by atoms with van der Waals surface area (Å²) >= 11 is 0. The van der Waals surface area contributed by atoms with Gasteiger partial charge in [-0.3, -0.25) is 4.72 Å². The Bertz CT molecular complexity index is 945. The molecule has 1 aliphatic rings. The van der Waals surface area contributed by atoms with E-state index in [1.165, 1.54) is 12.1 Å². The number of nitrogens with one attached hydrogen (secondary N) is 1. The highest BCUT2D eigenvalue weighted by Gasteiger charge is 2.32. The highest BCUT2D eigenvalue weighted by Crippen LogP contribution is 2.44. The first-order valence-electron chi connectivity index (χ1n) is 7.91. The summed E-state index contributed by atoms with van der Waals surface area (Å²) in [5, 5.41) is 9.53. The van der Waals surface area contributed by atoms with Crippen LogP contribution in [0.4, 0.5) is 23.2 Å². The van der Waals surface area contributed by atoms with Crippen LogP contribution < -0.4 is 9.46 Å². The van der Waals surface area contributed by atoms with Gasteiger partial charge in [0.1, 0.15) is 23.1 Å². The molecule has 0 saturated heterocycles. The largest absolute Gasteiger partial charge is 0.457 e. The highest BCUT2D eigenvalue weighted by molar-refractivity contribution is 7.93. The van der Waals surface area contributed by atoms with Gasteiger partial charge in [0, 0.05) is 29.7 Å². The molecule has 0 aromatic heterocycles. The molecule has 2 aromatic rings. The molecule has 10 heteroatoms. The minimum atomic E-state index is -4.89. The summed E-state index contributed by atoms with van der Waals surface area (Å²) < 4.78 is 82.4. The number of alkyl halides is 2. The van der Waals surface area contributed by atoms with Crippen LogP contribution in [0.25, 0.3) is 0 Å². The van der Waals surface area contributed by atoms with E-state index in [0.717, 1.165) is 12.1 Å². The Kier molecular flexibility index (Phi) is 5.29. The molecule has 0 heterocycles. The maximum atomic E-state index is 13.3. The Morgan fingerprint density at radius 2 is 1.85 bits per heavy atom. The predicted molar refractivity (Wildman–Crippen MR) is 89.6 cm³/mol. The fourth-order valence-corrected chi connectivity index (χ4v) is 3.68. The predicted octanol–water partition coefficient (Wildman–Crippen LogP) is 3.74. The minimum Gasteiger partial charge on any atom is -0.457 e. The number of fused-ring (bicyclic) bond motifs is 1. The van der Waals surface area contributed by atoms with E-state index < -0.39 is 33.3 Å². The first-order chi connectivity index (χ1) is 12.7. The second kappa shape index (κ2) is 7.35. The maximum Gasteiger partial charge on any atom is 0.355 e. The molecule has 0 spiro atoms. The lowest BCUT2D eigenvalue weighted by Gasteiger charge is -2.18. The first kappa shape index (κ1) is 19.4. The van der Waals surface area contributed by atoms with Crippen LogP contribution in [0.3, 0.4) is 0 Å². The van der Waals surface area contributed by atoms with Crippen molar-refractivity contribution >= 4 is 15.7 Å². The Morgan fingerprint density at radius 3 is 2.44 bits per heavy atom. The van der Waals surface area contributed by atoms with Crippen LogP contribution in [0.5, 0.6) is 11.5 Å². The van der Waals surface area contributed by atoms with E-state index in [-0.39, 0.29) is 23.8 Å². The number of aliphatic hydroxyl groups excluding tert-OH is 1. The van der Waals surface area contributed by atoms with Crippen LogP contribution in [-0.2, 0) is 16.4 Å². The summed E-state index contributed by atoms with van der Waals surface area (Å²) in [5.74, 6) is -5.68. The zero-order valence-corrected chi connectivity index (χ0v) is 14.6. The average molecular weight is 405 g/mol. The topological polar surface area (TPSA) is 75.6 Å². The van der Waals surface area contributed by atoms with E-state index in [1.807, 2.05) is 4.72 Å². The standard InChI is InChI=1S/C17H15F4NO4S/c18-10-5-11(19)7-12(6-10)26-15-4-3-14(22-27(24,25)17(20)21)16-9(8-23)1-2-13(15)16/h3-7,9,17,22-23H,1-2,8H2. The smallest absolute Gasteiger partial charge is 0.355 e. The van der Waals surface area contributed by atoms with Crippen molar-refractivity contribution in [1.82, 2.24) is 0 Å². The van der Waals surface area contributed by atoms with Crippen molar-refractivity contribution in [3.8, 4) is 11.5 Å². The van der Waals surface area contributed by atoms with Crippen molar-refractivity contribution in [3.05, 3.63) is 53.1 Å². The number of benzene rings is 2. The van der Waals surface area contributed by atoms with Crippen molar-refractivity contribution in [2.75, 3.05) is 11.3 Å². The van der Waals surface area contributed by atoms with Gasteiger partial charge in [-0.2, -0.15) is 8.78 Å². The summed E-state index contributed by atoms with van der Waals surface area (Å²) in [4.78, 5) is 0. The molecule has 0 fully saturated rings. The zero-order valence-electron chi connectivity index (χ0n) is 13.8. The second-order valence-corrected chi connectivity index (χ2v) is 7.69. The SMILES string of the molecule is O=S(=O)(Nc1ccc(Oc2cc(F)cc(F)c2)c2c1C(CO)CC2)C(F)F. The van der Waals surface area contributed by atoms with Crippen molar-refractivity contribution < 1.29 is 35.8 Å². The molecule has 1 atom stereocenters. The Balaban J connectivity index is 2.02. The van der Waals surface area contributed by atoms with Crippen LogP contribution in [-0.4, -0.2) is 25.9 Å². The molecule has 1 unspecified atom stereocenters. The van der Waals surface area contributed by atoms with Gasteiger partial charge < -0.3 is 9.84 Å². The van der Waals surface area contributed by atoms with Crippen molar-refractivity contribution in [2.24, 2.45) is 0 Å². The van der Waals surface area contributed by atoms with E-state index in [1.54, 1.807) is 0 Å². The van der Waals surface area contributed by atoms with Crippen molar-refractivity contribution in [3.63, 3.8) is 0 Å². The van der Waals surface area contributed by atoms with Gasteiger partial charge in [-0.05, 0) is 30.5 Å². The lowest BCUT2D eigenvalue weighted by molar-refractivity contribution is 0.236. The quantitative estimate of drug-likeness (QED) is 0.718. The molecule has 0 bridgehead atoms. The number of sulfonamides is 1. The Hall–Kier alpha value is -2.33. The van der Waals surface area contributed by atoms with Crippen LogP contribution in [0.2, 0.25) is 0 Å². The fourth-order valence-electron chi connectivity index (χ4n) is 3.11. The highest BCUT2D eigenvalue weighted by atomic mass is 32.2. The number of rotatable bonds is 6. The number of hydrogen-bond acceptors (Lipinski definition) is 4. The summed E-state index contributed by atoms with van der Waals surface area (Å²) in [5.41, 5.74) is 0.726. The molecular formula is C17H15F4NO4S. The van der Waals surface area contributed by atoms with Gasteiger partial charge in [0.15, 0.2) is 0 Å². The third kappa shape index (κ3) is 4.01. The summed E-state index contributed by atoms with van der Waals surface area (Å²) in [6.45, 7) is -0.325. The molecule has 0 radical (unpaired) electrons. The lowest BCUT2D eigenvalue weighted by Crippen LogP contribution is -2.22. The molecular weight excluding hydrogens is 390 g/mol. The van der Waals surface area contributed by atoms with Gasteiger partial charge in [0.05, 0.1) is 12.3 Å². The number of anilines is 1. The molecule has 2 N–H and O–H groups in total. The van der Waals surface area contributed by atoms with Gasteiger partial charge in [-0.15, -0.1) is 0 Å². The monoisotopic (exact) mass is 405 g/mol. The summed E-state index contributed by atoms with van der Waals surface area (Å²) in [6.07, 6.45) is 0.811. The van der Waals surface area contributed by atoms with E-state index in [4.69, 9.17) is 4.74 Å². The summed E-state index contributed by atoms with van der Waals surface area (Å²) in [6, 6.07) is 5.17. The minimum absolute atomic E-state index is 0.0837. The first-order valence-corrected chi connectivity index (χ1v) is 9.46. The van der Waals surface area contributed by atoms with Crippen LogP contribution in [0.15, 0.2) is 30.3 Å². The molecule has 0 amide bonds. The third-order valence-electron chi connectivity index (χ3n) is 4.24. The van der Waals surface area contributed by atoms with Crippen molar-refractivity contribution in [2.45, 2.75) is 24.5 Å². The van der Waals surface area contributed by atoms with E-state index in [2.05, 4.69) is 0 Å². The van der Waals surface area contributed by atoms with Crippen LogP contribution in [0.1, 0.15) is 23.5 Å². The molecule has 5 nitrogen and oxygen atoms in total. The van der Waals surface area contributed by atoms with Gasteiger partial charge in [0.2, 0.25) is 0 Å². The van der Waals surface area contributed by atoms with Gasteiger partial charge in [0.25, 0.3) is 10.0 Å². The molecule has 146 valence electrons. The number of hydrogen-bond donors (Lipinski definition) is 2. The fraction of sp³-hybridized carbons (Fsp3) is 0.294. The molecule has 2 aromatic carbocycles. The van der Waals surface area contributed by atoms with Gasteiger partial charge >= 0.3 is 5.76 Å². The third-order valence-corrected chi connectivity index (χ3v) is 5.21. The maximum absolute atomic E-state index is 13.3. The zero-order chi connectivity index (χ0) is 19.8. The summed E-state index contributed by atoms with van der Waals surface area (Å²) in [7, 11) is -4.89. The Labute approximate surface area is 152 Å². The van der Waals surface area contributed by atoms with Gasteiger partial charge in [-0.25, -0.2) is 17.2 Å².